The molecule has 0 aliphatic carbocycles. The molecule has 0 radical (unpaired) electrons. The molecule has 0 unspecified atom stereocenters. The number of carbonyl (C=O) groups is 1. The van der Waals surface area contributed by atoms with E-state index in [9.17, 15) is 4.79 Å². The van der Waals surface area contributed by atoms with Gasteiger partial charge >= 0.3 is 0 Å². The molecular formula is C21H19N5O2. The molecule has 2 aromatic heterocycles. The number of nitrogens with zero attached hydrogens (tertiary/aromatic N) is 5. The molecule has 2 aromatic carbocycles. The van der Waals surface area contributed by atoms with Crippen molar-refractivity contribution in [2.45, 2.75) is 18.9 Å². The van der Waals surface area contributed by atoms with E-state index in [1.54, 1.807) is 6.20 Å². The van der Waals surface area contributed by atoms with Gasteiger partial charge in [-0.2, -0.15) is 0 Å². The molecule has 0 saturated carbocycles. The summed E-state index contributed by atoms with van der Waals surface area (Å²) in [7, 11) is 0. The Morgan fingerprint density at radius 3 is 2.64 bits per heavy atom. The third kappa shape index (κ3) is 2.94. The van der Waals surface area contributed by atoms with Crippen molar-refractivity contribution >= 4 is 16.8 Å². The summed E-state index contributed by atoms with van der Waals surface area (Å²) >= 11 is 0. The van der Waals surface area contributed by atoms with Crippen LogP contribution in [0.3, 0.4) is 0 Å². The fourth-order valence-corrected chi connectivity index (χ4v) is 3.80. The Morgan fingerprint density at radius 2 is 1.89 bits per heavy atom. The van der Waals surface area contributed by atoms with Gasteiger partial charge < -0.3 is 9.42 Å². The fraction of sp³-hybridized carbons (Fsp3) is 0.238. The molecule has 3 heterocycles. The molecule has 0 bridgehead atoms. The van der Waals surface area contributed by atoms with Crippen LogP contribution >= 0.6 is 0 Å². The van der Waals surface area contributed by atoms with E-state index in [1.165, 1.54) is 0 Å². The van der Waals surface area contributed by atoms with Gasteiger partial charge in [0, 0.05) is 30.4 Å². The molecule has 1 saturated heterocycles. The summed E-state index contributed by atoms with van der Waals surface area (Å²) in [6.45, 7) is 1.41. The Balaban J connectivity index is 1.38. The van der Waals surface area contributed by atoms with Crippen LogP contribution in [0.2, 0.25) is 0 Å². The monoisotopic (exact) mass is 373 g/mol. The molecule has 1 fully saturated rings. The van der Waals surface area contributed by atoms with Gasteiger partial charge in [-0.1, -0.05) is 40.7 Å². The summed E-state index contributed by atoms with van der Waals surface area (Å²) in [5.41, 5.74) is 2.36. The van der Waals surface area contributed by atoms with E-state index in [0.29, 0.717) is 30.5 Å². The van der Waals surface area contributed by atoms with Gasteiger partial charge in [-0.05, 0) is 31.0 Å². The van der Waals surface area contributed by atoms with Crippen molar-refractivity contribution in [3.8, 4) is 11.3 Å². The van der Waals surface area contributed by atoms with Crippen LogP contribution in [0, 0.1) is 0 Å². The second-order valence-corrected chi connectivity index (χ2v) is 7.02. The van der Waals surface area contributed by atoms with Crippen LogP contribution < -0.4 is 0 Å². The van der Waals surface area contributed by atoms with E-state index in [2.05, 4.69) is 15.5 Å². The summed E-state index contributed by atoms with van der Waals surface area (Å²) in [6, 6.07) is 15.7. The van der Waals surface area contributed by atoms with Gasteiger partial charge in [0.2, 0.25) is 0 Å². The molecule has 7 heteroatoms. The highest BCUT2D eigenvalue weighted by atomic mass is 16.5. The van der Waals surface area contributed by atoms with Crippen molar-refractivity contribution in [2.24, 2.45) is 0 Å². The lowest BCUT2D eigenvalue weighted by molar-refractivity contribution is 0.0689. The molecular weight excluding hydrogens is 354 g/mol. The Labute approximate surface area is 161 Å². The number of rotatable bonds is 3. The first-order chi connectivity index (χ1) is 13.8. The van der Waals surface area contributed by atoms with E-state index in [1.807, 2.05) is 64.3 Å². The van der Waals surface area contributed by atoms with Crippen molar-refractivity contribution in [1.82, 2.24) is 25.1 Å². The molecule has 1 aliphatic rings. The smallest absolute Gasteiger partial charge is 0.253 e. The lowest BCUT2D eigenvalue weighted by Crippen LogP contribution is -2.39. The zero-order valence-corrected chi connectivity index (χ0v) is 15.2. The van der Waals surface area contributed by atoms with Crippen molar-refractivity contribution in [3.05, 3.63) is 66.5 Å². The molecule has 0 spiro atoms. The van der Waals surface area contributed by atoms with Gasteiger partial charge in [0.05, 0.1) is 17.6 Å². The van der Waals surface area contributed by atoms with E-state index in [4.69, 9.17) is 4.52 Å². The molecule has 4 aromatic rings. The number of amides is 1. The lowest BCUT2D eigenvalue weighted by Gasteiger charge is -2.31. The average Bonchev–Trinajstić information content (AvgIpc) is 3.44. The number of piperidine rings is 1. The van der Waals surface area contributed by atoms with Crippen LogP contribution in [0.1, 0.15) is 29.2 Å². The van der Waals surface area contributed by atoms with Crippen molar-refractivity contribution in [1.29, 1.82) is 0 Å². The zero-order valence-electron chi connectivity index (χ0n) is 15.2. The maximum absolute atomic E-state index is 13.0. The van der Waals surface area contributed by atoms with E-state index in [-0.39, 0.29) is 5.91 Å². The number of aromatic nitrogens is 4. The van der Waals surface area contributed by atoms with Crippen LogP contribution in [-0.4, -0.2) is 44.0 Å². The molecule has 1 amide bonds. The lowest BCUT2D eigenvalue weighted by atomic mass is 10.0. The Morgan fingerprint density at radius 1 is 1.07 bits per heavy atom. The minimum Gasteiger partial charge on any atom is -0.355 e. The van der Waals surface area contributed by atoms with Crippen molar-refractivity contribution in [2.75, 3.05) is 13.1 Å². The second-order valence-electron chi connectivity index (χ2n) is 7.02. The molecule has 5 rings (SSSR count). The second kappa shape index (κ2) is 6.92. The van der Waals surface area contributed by atoms with Gasteiger partial charge in [0.25, 0.3) is 5.91 Å². The van der Waals surface area contributed by atoms with Gasteiger partial charge in [-0.15, -0.1) is 5.10 Å². The van der Waals surface area contributed by atoms with E-state index in [0.717, 1.165) is 29.3 Å². The molecule has 1 aliphatic heterocycles. The minimum absolute atomic E-state index is 0.0409. The third-order valence-electron chi connectivity index (χ3n) is 5.33. The first kappa shape index (κ1) is 16.7. The largest absolute Gasteiger partial charge is 0.355 e. The predicted octanol–water partition coefficient (Wildman–Crippen LogP) is 3.56. The van der Waals surface area contributed by atoms with Crippen LogP contribution in [0.25, 0.3) is 22.2 Å². The van der Waals surface area contributed by atoms with Crippen LogP contribution in [-0.2, 0) is 0 Å². The number of hydrogen-bond acceptors (Lipinski definition) is 5. The summed E-state index contributed by atoms with van der Waals surface area (Å²) in [6.07, 6.45) is 5.32. The molecule has 140 valence electrons. The molecule has 0 N–H and O–H groups in total. The van der Waals surface area contributed by atoms with Crippen LogP contribution in [0.4, 0.5) is 0 Å². The van der Waals surface area contributed by atoms with Crippen molar-refractivity contribution < 1.29 is 9.32 Å². The molecule has 7 nitrogen and oxygen atoms in total. The molecule has 0 atom stereocenters. The Kier molecular flexibility index (Phi) is 4.12. The maximum Gasteiger partial charge on any atom is 0.253 e. The van der Waals surface area contributed by atoms with Crippen LogP contribution in [0.15, 0.2) is 65.4 Å². The highest BCUT2D eigenvalue weighted by Crippen LogP contribution is 2.30. The number of carbonyl (C=O) groups excluding carboxylic acids is 1. The summed E-state index contributed by atoms with van der Waals surface area (Å²) in [5, 5.41) is 12.9. The van der Waals surface area contributed by atoms with Gasteiger partial charge in [0.15, 0.2) is 5.76 Å². The Bertz CT molecular complexity index is 1100. The summed E-state index contributed by atoms with van der Waals surface area (Å²) in [5.74, 6) is 0.731. The topological polar surface area (TPSA) is 77.0 Å². The minimum atomic E-state index is 0.0409. The summed E-state index contributed by atoms with van der Waals surface area (Å²) < 4.78 is 7.43. The highest BCUT2D eigenvalue weighted by Gasteiger charge is 2.25. The molecule has 28 heavy (non-hydrogen) atoms. The summed E-state index contributed by atoms with van der Waals surface area (Å²) in [4.78, 5) is 15.0. The standard InChI is InChI=1S/C21H19N5O2/c27-21(25-11-8-17(9-12-25)26-13-10-22-24-26)16-6-7-19-18(14-16)20(28-23-19)15-4-2-1-3-5-15/h1-7,10,13-14,17H,8-9,11-12H2. The number of benzene rings is 2. The number of likely N-dealkylation sites (tertiary alicyclic amines) is 1. The number of fused-ring (bicyclic) bond motifs is 1. The highest BCUT2D eigenvalue weighted by molar-refractivity contribution is 6.01. The maximum atomic E-state index is 13.0. The third-order valence-corrected chi connectivity index (χ3v) is 5.33. The van der Waals surface area contributed by atoms with Gasteiger partial charge in [-0.3, -0.25) is 4.79 Å². The van der Waals surface area contributed by atoms with Gasteiger partial charge in [0.1, 0.15) is 5.52 Å². The first-order valence-corrected chi connectivity index (χ1v) is 9.39. The van der Waals surface area contributed by atoms with Crippen molar-refractivity contribution in [3.63, 3.8) is 0 Å². The fourth-order valence-electron chi connectivity index (χ4n) is 3.80. The normalized spacial score (nSPS) is 15.2. The predicted molar refractivity (Wildman–Crippen MR) is 104 cm³/mol. The van der Waals surface area contributed by atoms with Crippen LogP contribution in [0.5, 0.6) is 0 Å². The SMILES string of the molecule is O=C(c1ccc2noc(-c3ccccc3)c2c1)N1CCC(n2ccnn2)CC1. The zero-order chi connectivity index (χ0) is 18.9. The number of hydrogen-bond donors (Lipinski definition) is 0. The average molecular weight is 373 g/mol. The Hall–Kier alpha value is -3.48. The van der Waals surface area contributed by atoms with E-state index >= 15 is 0 Å². The first-order valence-electron chi connectivity index (χ1n) is 9.39. The van der Waals surface area contributed by atoms with E-state index < -0.39 is 0 Å². The van der Waals surface area contributed by atoms with Gasteiger partial charge in [-0.25, -0.2) is 4.68 Å². The quantitative estimate of drug-likeness (QED) is 0.549.